The Morgan fingerprint density at radius 1 is 1.21 bits per heavy atom. The molecule has 0 spiro atoms. The Balaban J connectivity index is 1.72. The Morgan fingerprint density at radius 2 is 2.05 bits per heavy atom. The highest BCUT2D eigenvalue weighted by Crippen LogP contribution is 2.64. The second-order valence-electron chi connectivity index (χ2n) is 6.14. The normalized spacial score (nSPS) is 28.1. The van der Waals surface area contributed by atoms with E-state index in [1.807, 2.05) is 6.33 Å². The molecule has 3 atom stereocenters. The molecule has 4 rings (SSSR count). The van der Waals surface area contributed by atoms with Crippen molar-refractivity contribution in [3.05, 3.63) is 47.5 Å². The number of fused-ring (bicyclic) bond motifs is 3. The van der Waals surface area contributed by atoms with Crippen molar-refractivity contribution in [2.75, 3.05) is 0 Å². The van der Waals surface area contributed by atoms with Crippen LogP contribution in [0.3, 0.4) is 0 Å². The van der Waals surface area contributed by atoms with Crippen LogP contribution >= 0.6 is 0 Å². The van der Waals surface area contributed by atoms with Gasteiger partial charge in [0.15, 0.2) is 0 Å². The van der Waals surface area contributed by atoms with Crippen molar-refractivity contribution in [1.29, 1.82) is 0 Å². The lowest BCUT2D eigenvalue weighted by atomic mass is 9.92. The first-order chi connectivity index (χ1) is 9.27. The molecule has 0 aliphatic heterocycles. The third-order valence-corrected chi connectivity index (χ3v) is 4.79. The first-order valence-corrected chi connectivity index (χ1v) is 7.24. The maximum Gasteiger partial charge on any atom is 0.137 e. The van der Waals surface area contributed by atoms with E-state index < -0.39 is 0 Å². The molecule has 1 saturated carbocycles. The minimum Gasteiger partial charge on any atom is -0.315 e. The van der Waals surface area contributed by atoms with Crippen molar-refractivity contribution in [2.45, 2.75) is 44.6 Å². The minimum absolute atomic E-state index is 0.447. The number of nitrogens with zero attached hydrogens (tertiary/aromatic N) is 3. The van der Waals surface area contributed by atoms with Gasteiger partial charge in [0.05, 0.1) is 0 Å². The third-order valence-electron chi connectivity index (χ3n) is 4.79. The maximum atomic E-state index is 4.41. The Kier molecular flexibility index (Phi) is 2.32. The summed E-state index contributed by atoms with van der Waals surface area (Å²) in [7, 11) is 0. The average molecular weight is 253 g/mol. The summed E-state index contributed by atoms with van der Waals surface area (Å²) in [6.45, 7) is 4.40. The predicted molar refractivity (Wildman–Crippen MR) is 74.1 cm³/mol. The average Bonchev–Trinajstić information content (AvgIpc) is 2.96. The molecular weight excluding hydrogens is 234 g/mol. The molecule has 1 heterocycles. The van der Waals surface area contributed by atoms with Gasteiger partial charge in [0.1, 0.15) is 12.2 Å². The van der Waals surface area contributed by atoms with Crippen LogP contribution in [0.4, 0.5) is 0 Å². The SMILES string of the molecule is CC(C)n1cnnc1C1C2CCc3ccccc3C21. The third kappa shape index (κ3) is 1.57. The van der Waals surface area contributed by atoms with E-state index in [9.17, 15) is 0 Å². The second kappa shape index (κ2) is 3.92. The molecular formula is C16H19N3. The molecule has 2 aromatic rings. The molecule has 3 unspecified atom stereocenters. The lowest BCUT2D eigenvalue weighted by Crippen LogP contribution is -2.05. The molecule has 2 aliphatic carbocycles. The van der Waals surface area contributed by atoms with Crippen molar-refractivity contribution < 1.29 is 0 Å². The molecule has 1 aromatic carbocycles. The Morgan fingerprint density at radius 3 is 2.89 bits per heavy atom. The Bertz CT molecular complexity index is 614. The van der Waals surface area contributed by atoms with E-state index >= 15 is 0 Å². The van der Waals surface area contributed by atoms with Crippen LogP contribution in [0.2, 0.25) is 0 Å². The van der Waals surface area contributed by atoms with Crippen LogP contribution in [0.25, 0.3) is 0 Å². The van der Waals surface area contributed by atoms with Gasteiger partial charge in [-0.15, -0.1) is 10.2 Å². The topological polar surface area (TPSA) is 30.7 Å². The smallest absolute Gasteiger partial charge is 0.137 e. The van der Waals surface area contributed by atoms with Gasteiger partial charge in [-0.3, -0.25) is 0 Å². The monoisotopic (exact) mass is 253 g/mol. The van der Waals surface area contributed by atoms with Crippen LogP contribution in [0.5, 0.6) is 0 Å². The molecule has 1 aromatic heterocycles. The predicted octanol–water partition coefficient (Wildman–Crippen LogP) is 3.30. The van der Waals surface area contributed by atoms with Gasteiger partial charge in [-0.2, -0.15) is 0 Å². The highest BCUT2D eigenvalue weighted by atomic mass is 15.3. The first kappa shape index (κ1) is 11.2. The van der Waals surface area contributed by atoms with Crippen LogP contribution < -0.4 is 0 Å². The summed E-state index contributed by atoms with van der Waals surface area (Å²) in [5.41, 5.74) is 3.10. The zero-order valence-corrected chi connectivity index (χ0v) is 11.5. The molecule has 2 aliphatic rings. The number of hydrogen-bond acceptors (Lipinski definition) is 2. The fraction of sp³-hybridized carbons (Fsp3) is 0.500. The van der Waals surface area contributed by atoms with Gasteiger partial charge in [0, 0.05) is 12.0 Å². The summed E-state index contributed by atoms with van der Waals surface area (Å²) in [4.78, 5) is 0. The maximum absolute atomic E-state index is 4.41. The molecule has 0 bridgehead atoms. The fourth-order valence-electron chi connectivity index (χ4n) is 3.81. The minimum atomic E-state index is 0.447. The highest BCUT2D eigenvalue weighted by Gasteiger charge is 2.55. The number of aryl methyl sites for hydroxylation is 1. The summed E-state index contributed by atoms with van der Waals surface area (Å²) in [5.74, 6) is 3.26. The summed E-state index contributed by atoms with van der Waals surface area (Å²) in [5, 5.41) is 8.54. The van der Waals surface area contributed by atoms with Crippen LogP contribution in [-0.4, -0.2) is 14.8 Å². The van der Waals surface area contributed by atoms with Gasteiger partial charge in [-0.25, -0.2) is 0 Å². The number of benzene rings is 1. The van der Waals surface area contributed by atoms with Crippen LogP contribution in [0, 0.1) is 5.92 Å². The highest BCUT2D eigenvalue weighted by molar-refractivity contribution is 5.43. The van der Waals surface area contributed by atoms with Crippen molar-refractivity contribution in [2.24, 2.45) is 5.92 Å². The zero-order chi connectivity index (χ0) is 13.0. The van der Waals surface area contributed by atoms with Crippen LogP contribution in [-0.2, 0) is 6.42 Å². The molecule has 0 N–H and O–H groups in total. The Labute approximate surface area is 113 Å². The molecule has 1 fully saturated rings. The van der Waals surface area contributed by atoms with Crippen molar-refractivity contribution >= 4 is 0 Å². The molecule has 0 amide bonds. The molecule has 0 radical (unpaired) electrons. The van der Waals surface area contributed by atoms with Crippen molar-refractivity contribution in [3.8, 4) is 0 Å². The van der Waals surface area contributed by atoms with Gasteiger partial charge in [-0.1, -0.05) is 24.3 Å². The second-order valence-corrected chi connectivity index (χ2v) is 6.14. The van der Waals surface area contributed by atoms with Gasteiger partial charge in [0.25, 0.3) is 0 Å². The van der Waals surface area contributed by atoms with Gasteiger partial charge in [0.2, 0.25) is 0 Å². The molecule has 19 heavy (non-hydrogen) atoms. The Hall–Kier alpha value is -1.64. The van der Waals surface area contributed by atoms with Gasteiger partial charge < -0.3 is 4.57 Å². The number of hydrogen-bond donors (Lipinski definition) is 0. The van der Waals surface area contributed by atoms with E-state index in [1.165, 1.54) is 18.7 Å². The quantitative estimate of drug-likeness (QED) is 0.822. The molecule has 3 heteroatoms. The molecule has 0 saturated heterocycles. The summed E-state index contributed by atoms with van der Waals surface area (Å²) in [6, 6.07) is 9.37. The van der Waals surface area contributed by atoms with Crippen LogP contribution in [0.1, 0.15) is 55.1 Å². The fourth-order valence-corrected chi connectivity index (χ4v) is 3.81. The van der Waals surface area contributed by atoms with Gasteiger partial charge in [-0.05, 0) is 49.7 Å². The summed E-state index contributed by atoms with van der Waals surface area (Å²) < 4.78 is 2.24. The van der Waals surface area contributed by atoms with E-state index in [0.29, 0.717) is 17.9 Å². The number of rotatable bonds is 2. The standard InChI is InChI=1S/C16H19N3/c1-10(2)19-9-17-18-16(19)15-13-8-7-11-5-3-4-6-12(11)14(13)15/h3-6,9-10,13-15H,7-8H2,1-2H3. The largest absolute Gasteiger partial charge is 0.315 e. The van der Waals surface area contributed by atoms with E-state index in [2.05, 4.69) is 52.9 Å². The summed E-state index contributed by atoms with van der Waals surface area (Å²) >= 11 is 0. The molecule has 3 nitrogen and oxygen atoms in total. The van der Waals surface area contributed by atoms with E-state index in [4.69, 9.17) is 0 Å². The van der Waals surface area contributed by atoms with Crippen LogP contribution in [0.15, 0.2) is 30.6 Å². The van der Waals surface area contributed by atoms with E-state index in [1.54, 1.807) is 11.1 Å². The van der Waals surface area contributed by atoms with E-state index in [0.717, 1.165) is 5.92 Å². The molecule has 98 valence electrons. The van der Waals surface area contributed by atoms with Gasteiger partial charge >= 0.3 is 0 Å². The first-order valence-electron chi connectivity index (χ1n) is 7.24. The zero-order valence-electron chi connectivity index (χ0n) is 11.5. The summed E-state index contributed by atoms with van der Waals surface area (Å²) in [6.07, 6.45) is 4.41. The number of aromatic nitrogens is 3. The van der Waals surface area contributed by atoms with Crippen molar-refractivity contribution in [3.63, 3.8) is 0 Å². The van der Waals surface area contributed by atoms with E-state index in [-0.39, 0.29) is 0 Å². The van der Waals surface area contributed by atoms with Crippen molar-refractivity contribution in [1.82, 2.24) is 14.8 Å². The lowest BCUT2D eigenvalue weighted by molar-refractivity contribution is 0.558. The lowest BCUT2D eigenvalue weighted by Gasteiger charge is -2.13.